The molecule has 3 N–H and O–H groups in total. The highest BCUT2D eigenvalue weighted by molar-refractivity contribution is 5.98. The number of nitrogens with zero attached hydrogens (tertiary/aromatic N) is 3. The van der Waals surface area contributed by atoms with Crippen LogP contribution in [-0.2, 0) is 16.2 Å². The zero-order valence-electron chi connectivity index (χ0n) is 21.9. The lowest BCUT2D eigenvalue weighted by molar-refractivity contribution is -0.141. The lowest BCUT2D eigenvalue weighted by Gasteiger charge is -2.36. The van der Waals surface area contributed by atoms with E-state index in [1.165, 1.54) is 17.3 Å². The van der Waals surface area contributed by atoms with Crippen LogP contribution < -0.4 is 15.5 Å². The molecular formula is C30H29N5O5. The van der Waals surface area contributed by atoms with Crippen LogP contribution in [0.25, 0.3) is 10.9 Å². The van der Waals surface area contributed by atoms with Gasteiger partial charge in [0.05, 0.1) is 17.4 Å². The third-order valence-electron chi connectivity index (χ3n) is 7.06. The van der Waals surface area contributed by atoms with Gasteiger partial charge in [-0.15, -0.1) is 0 Å². The number of ether oxygens (including phenoxy) is 1. The molecule has 1 saturated heterocycles. The normalized spacial score (nSPS) is 16.8. The molecule has 3 amide bonds. The molecule has 2 aromatic carbocycles. The van der Waals surface area contributed by atoms with Gasteiger partial charge in [0.1, 0.15) is 12.4 Å². The number of piperidine rings is 1. The van der Waals surface area contributed by atoms with E-state index in [9.17, 15) is 19.6 Å². The first-order valence-corrected chi connectivity index (χ1v) is 12.9. The second-order valence-electron chi connectivity index (χ2n) is 9.71. The Labute approximate surface area is 231 Å². The molecule has 1 fully saturated rings. The van der Waals surface area contributed by atoms with E-state index in [2.05, 4.69) is 15.3 Å². The first-order valence-electron chi connectivity index (χ1n) is 12.9. The fourth-order valence-electron chi connectivity index (χ4n) is 5.02. The van der Waals surface area contributed by atoms with Crippen LogP contribution in [0.3, 0.4) is 0 Å². The topological polar surface area (TPSA) is 134 Å². The first-order chi connectivity index (χ1) is 19.4. The van der Waals surface area contributed by atoms with Gasteiger partial charge in [-0.3, -0.25) is 29.6 Å². The van der Waals surface area contributed by atoms with Gasteiger partial charge in [-0.1, -0.05) is 18.2 Å². The highest BCUT2D eigenvalue weighted by Gasteiger charge is 2.40. The lowest BCUT2D eigenvalue weighted by Crippen LogP contribution is -2.52. The second kappa shape index (κ2) is 11.9. The summed E-state index contributed by atoms with van der Waals surface area (Å²) in [7, 11) is 0. The van der Waals surface area contributed by atoms with Crippen LogP contribution in [0.2, 0.25) is 0 Å². The Kier molecular flexibility index (Phi) is 7.97. The largest absolute Gasteiger partial charge is 0.489 e. The van der Waals surface area contributed by atoms with Crippen LogP contribution in [0, 0.1) is 18.8 Å². The van der Waals surface area contributed by atoms with Crippen molar-refractivity contribution in [2.45, 2.75) is 20.0 Å². The molecule has 3 heterocycles. The minimum Gasteiger partial charge on any atom is -0.489 e. The molecule has 2 aromatic heterocycles. The van der Waals surface area contributed by atoms with E-state index in [0.29, 0.717) is 30.2 Å². The van der Waals surface area contributed by atoms with E-state index in [0.717, 1.165) is 22.2 Å². The van der Waals surface area contributed by atoms with Crippen molar-refractivity contribution in [3.05, 3.63) is 95.9 Å². The van der Waals surface area contributed by atoms with Crippen molar-refractivity contribution >= 4 is 34.3 Å². The number of pyridine rings is 2. The summed E-state index contributed by atoms with van der Waals surface area (Å²) in [5.74, 6) is -2.34. The molecule has 0 saturated carbocycles. The van der Waals surface area contributed by atoms with Gasteiger partial charge in [0, 0.05) is 53.4 Å². The summed E-state index contributed by atoms with van der Waals surface area (Å²) in [6.45, 7) is 2.61. The van der Waals surface area contributed by atoms with E-state index in [-0.39, 0.29) is 24.8 Å². The number of amides is 3. The molecule has 0 bridgehead atoms. The van der Waals surface area contributed by atoms with Gasteiger partial charge in [0.2, 0.25) is 11.8 Å². The van der Waals surface area contributed by atoms with Gasteiger partial charge in [-0.05, 0) is 61.9 Å². The summed E-state index contributed by atoms with van der Waals surface area (Å²) in [6, 6.07) is 20.1. The summed E-state index contributed by atoms with van der Waals surface area (Å²) in [4.78, 5) is 48.5. The Hall–Kier alpha value is -4.83. The zero-order valence-corrected chi connectivity index (χ0v) is 21.9. The molecule has 1 aliphatic rings. The Morgan fingerprint density at radius 1 is 1.00 bits per heavy atom. The average Bonchev–Trinajstić information content (AvgIpc) is 2.99. The Morgan fingerprint density at radius 3 is 2.50 bits per heavy atom. The molecule has 0 aliphatic carbocycles. The molecule has 2 atom stereocenters. The zero-order chi connectivity index (χ0) is 28.1. The van der Waals surface area contributed by atoms with Crippen molar-refractivity contribution in [3.8, 4) is 5.75 Å². The van der Waals surface area contributed by atoms with Gasteiger partial charge in [0.15, 0.2) is 0 Å². The smallest absolute Gasteiger partial charge is 0.253 e. The number of rotatable bonds is 7. The Morgan fingerprint density at radius 2 is 1.75 bits per heavy atom. The lowest BCUT2D eigenvalue weighted by atomic mass is 9.83. The maximum absolute atomic E-state index is 13.2. The number of hydroxylamine groups is 1. The summed E-state index contributed by atoms with van der Waals surface area (Å²) < 4.78 is 6.00. The Bertz CT molecular complexity index is 1530. The van der Waals surface area contributed by atoms with Crippen LogP contribution in [0.15, 0.2) is 79.1 Å². The fourth-order valence-corrected chi connectivity index (χ4v) is 5.02. The summed E-state index contributed by atoms with van der Waals surface area (Å²) in [5.41, 5.74) is 5.49. The van der Waals surface area contributed by atoms with Gasteiger partial charge >= 0.3 is 0 Å². The number of fused-ring (bicyclic) bond motifs is 1. The summed E-state index contributed by atoms with van der Waals surface area (Å²) in [6.07, 6.45) is 3.30. The van der Waals surface area contributed by atoms with Gasteiger partial charge in [-0.2, -0.15) is 0 Å². The summed E-state index contributed by atoms with van der Waals surface area (Å²) >= 11 is 0. The van der Waals surface area contributed by atoms with E-state index in [1.807, 2.05) is 37.3 Å². The number of para-hydroxylation sites is 1. The van der Waals surface area contributed by atoms with Crippen LogP contribution in [0.1, 0.15) is 28.0 Å². The molecule has 0 radical (unpaired) electrons. The van der Waals surface area contributed by atoms with E-state index < -0.39 is 17.7 Å². The van der Waals surface area contributed by atoms with Crippen LogP contribution in [-0.4, -0.2) is 50.9 Å². The molecule has 204 valence electrons. The highest BCUT2D eigenvalue weighted by atomic mass is 16.5. The van der Waals surface area contributed by atoms with Crippen molar-refractivity contribution in [3.63, 3.8) is 0 Å². The van der Waals surface area contributed by atoms with Crippen LogP contribution in [0.4, 0.5) is 5.69 Å². The second-order valence-corrected chi connectivity index (χ2v) is 9.71. The number of aryl methyl sites for hydroxylation is 1. The molecule has 5 rings (SSSR count). The number of carbonyl (C=O) groups excluding carboxylic acids is 3. The molecule has 10 heteroatoms. The number of carbonyl (C=O) groups is 3. The maximum atomic E-state index is 13.2. The molecule has 0 spiro atoms. The van der Waals surface area contributed by atoms with E-state index in [1.54, 1.807) is 41.9 Å². The number of nitrogens with one attached hydrogen (secondary N) is 2. The first kappa shape index (κ1) is 26.8. The maximum Gasteiger partial charge on any atom is 0.253 e. The predicted molar refractivity (Wildman–Crippen MR) is 148 cm³/mol. The SMILES string of the molecule is Cc1cc(COc2ccc(NC(=O)C3CCN(C(=O)c4ccncc4)C[C@@H]3C(=O)NO)cc2)c2ccccc2n1. The number of benzene rings is 2. The molecule has 1 unspecified atom stereocenters. The van der Waals surface area contributed by atoms with E-state index in [4.69, 9.17) is 4.74 Å². The van der Waals surface area contributed by atoms with Crippen LogP contribution in [0.5, 0.6) is 5.75 Å². The number of hydrogen-bond acceptors (Lipinski definition) is 7. The molecule has 40 heavy (non-hydrogen) atoms. The number of anilines is 1. The number of hydrogen-bond donors (Lipinski definition) is 3. The van der Waals surface area contributed by atoms with Crippen molar-refractivity contribution in [1.82, 2.24) is 20.3 Å². The van der Waals surface area contributed by atoms with E-state index >= 15 is 0 Å². The highest BCUT2D eigenvalue weighted by Crippen LogP contribution is 2.28. The van der Waals surface area contributed by atoms with Gasteiger partial charge in [-0.25, -0.2) is 5.48 Å². The third-order valence-corrected chi connectivity index (χ3v) is 7.06. The third kappa shape index (κ3) is 5.92. The van der Waals surface area contributed by atoms with Crippen LogP contribution >= 0.6 is 0 Å². The summed E-state index contributed by atoms with van der Waals surface area (Å²) in [5, 5.41) is 13.2. The minimum atomic E-state index is -0.911. The van der Waals surface area contributed by atoms with Gasteiger partial charge < -0.3 is 15.0 Å². The van der Waals surface area contributed by atoms with Gasteiger partial charge in [0.25, 0.3) is 5.91 Å². The Balaban J connectivity index is 1.22. The minimum absolute atomic E-state index is 0.00156. The van der Waals surface area contributed by atoms with Crippen molar-refractivity contribution in [2.24, 2.45) is 11.8 Å². The molecule has 1 aliphatic heterocycles. The number of aromatic nitrogens is 2. The van der Waals surface area contributed by atoms with Crippen molar-refractivity contribution in [1.29, 1.82) is 0 Å². The fraction of sp³-hybridized carbons (Fsp3) is 0.233. The standard InChI is InChI=1S/C30H29N5O5/c1-19-16-21(24-4-2-3-5-27(24)32-19)18-40-23-8-6-22(7-9-23)33-28(36)25-12-15-35(17-26(25)29(37)34-39)30(38)20-10-13-31-14-11-20/h2-11,13-14,16,25-26,39H,12,15,17-18H2,1H3,(H,33,36)(H,34,37)/t25?,26-/m0/s1. The molecule has 10 nitrogen and oxygen atoms in total. The van der Waals surface area contributed by atoms with Crippen molar-refractivity contribution in [2.75, 3.05) is 18.4 Å². The molecule has 4 aromatic rings. The van der Waals surface area contributed by atoms with Crippen molar-refractivity contribution < 1.29 is 24.3 Å². The number of likely N-dealkylation sites (tertiary alicyclic amines) is 1. The molecular weight excluding hydrogens is 510 g/mol. The quantitative estimate of drug-likeness (QED) is 0.241. The predicted octanol–water partition coefficient (Wildman–Crippen LogP) is 3.74. The monoisotopic (exact) mass is 539 g/mol. The average molecular weight is 540 g/mol.